The lowest BCUT2D eigenvalue weighted by atomic mass is 10.2. The van der Waals surface area contributed by atoms with Gasteiger partial charge in [0.2, 0.25) is 0 Å². The van der Waals surface area contributed by atoms with Crippen molar-refractivity contribution in [2.75, 3.05) is 13.1 Å². The monoisotopic (exact) mass is 262 g/mol. The number of hydrogen-bond donors (Lipinski definition) is 1. The van der Waals surface area contributed by atoms with Crippen LogP contribution in [0.3, 0.4) is 0 Å². The van der Waals surface area contributed by atoms with E-state index in [0.29, 0.717) is 13.1 Å². The zero-order valence-electron chi connectivity index (χ0n) is 7.31. The lowest BCUT2D eigenvalue weighted by molar-refractivity contribution is 0.345. The van der Waals surface area contributed by atoms with Crippen LogP contribution in [0.4, 0.5) is 0 Å². The minimum Gasteiger partial charge on any atom is -0.194 e. The van der Waals surface area contributed by atoms with Gasteiger partial charge < -0.3 is 0 Å². The summed E-state index contributed by atoms with van der Waals surface area (Å²) in [6.45, 7) is 0.670. The molecule has 0 aliphatic carbocycles. The van der Waals surface area contributed by atoms with Gasteiger partial charge in [0.25, 0.3) is 10.2 Å². The molecule has 0 aromatic carbocycles. The van der Waals surface area contributed by atoms with E-state index in [9.17, 15) is 16.8 Å². The van der Waals surface area contributed by atoms with Crippen LogP contribution in [-0.2, 0) is 19.4 Å². The molecule has 84 valence electrons. The van der Waals surface area contributed by atoms with Crippen molar-refractivity contribution in [1.82, 2.24) is 8.43 Å². The molecule has 0 unspecified atom stereocenters. The van der Waals surface area contributed by atoms with Crippen LogP contribution < -0.4 is 4.13 Å². The molecule has 1 fully saturated rings. The van der Waals surface area contributed by atoms with Crippen LogP contribution in [0, 0.1) is 0 Å². The SMILES string of the molecule is O=S(=O)(Cl)NS(=O)(=O)N1CCCCC1. The Balaban J connectivity index is 2.74. The second kappa shape index (κ2) is 4.31. The average Bonchev–Trinajstić information content (AvgIpc) is 2.01. The lowest BCUT2D eigenvalue weighted by Crippen LogP contribution is -2.44. The molecule has 0 saturated carbocycles. The zero-order chi connectivity index (χ0) is 10.8. The zero-order valence-corrected chi connectivity index (χ0v) is 9.70. The summed E-state index contributed by atoms with van der Waals surface area (Å²) >= 11 is 0. The Bertz CT molecular complexity index is 384. The number of nitrogens with zero attached hydrogens (tertiary/aromatic N) is 1. The molecule has 1 saturated heterocycles. The third-order valence-corrected chi connectivity index (χ3v) is 5.11. The third kappa shape index (κ3) is 3.70. The van der Waals surface area contributed by atoms with Crippen molar-refractivity contribution in [3.63, 3.8) is 0 Å². The van der Waals surface area contributed by atoms with Crippen molar-refractivity contribution in [2.24, 2.45) is 0 Å². The summed E-state index contributed by atoms with van der Waals surface area (Å²) in [6.07, 6.45) is 2.44. The molecule has 0 bridgehead atoms. The second-order valence-electron chi connectivity index (χ2n) is 2.99. The first-order valence-electron chi connectivity index (χ1n) is 4.04. The van der Waals surface area contributed by atoms with E-state index in [2.05, 4.69) is 0 Å². The van der Waals surface area contributed by atoms with Crippen molar-refractivity contribution in [1.29, 1.82) is 0 Å². The molecule has 1 heterocycles. The summed E-state index contributed by atoms with van der Waals surface area (Å²) in [5, 5.41) is 0. The van der Waals surface area contributed by atoms with Gasteiger partial charge in [0.1, 0.15) is 0 Å². The predicted molar refractivity (Wildman–Crippen MR) is 52.3 cm³/mol. The fourth-order valence-electron chi connectivity index (χ4n) is 1.28. The number of hydrogen-bond acceptors (Lipinski definition) is 4. The summed E-state index contributed by atoms with van der Waals surface area (Å²) < 4.78 is 46.3. The van der Waals surface area contributed by atoms with Crippen LogP contribution >= 0.6 is 10.7 Å². The highest BCUT2D eigenvalue weighted by atomic mass is 35.7. The molecular formula is C5H11ClN2O4S2. The summed E-state index contributed by atoms with van der Waals surface area (Å²) in [5.74, 6) is 0. The van der Waals surface area contributed by atoms with Gasteiger partial charge in [0, 0.05) is 23.8 Å². The van der Waals surface area contributed by atoms with E-state index < -0.39 is 19.4 Å². The predicted octanol–water partition coefficient (Wildman–Crippen LogP) is -0.210. The molecule has 9 heteroatoms. The molecule has 0 radical (unpaired) electrons. The smallest absolute Gasteiger partial charge is 0.194 e. The highest BCUT2D eigenvalue weighted by Crippen LogP contribution is 2.12. The summed E-state index contributed by atoms with van der Waals surface area (Å²) in [6, 6.07) is 0. The van der Waals surface area contributed by atoms with Gasteiger partial charge in [0.15, 0.2) is 0 Å². The van der Waals surface area contributed by atoms with Gasteiger partial charge in [-0.15, -0.1) is 0 Å². The Hall–Kier alpha value is 0.110. The highest BCUT2D eigenvalue weighted by molar-refractivity contribution is 8.18. The van der Waals surface area contributed by atoms with Crippen LogP contribution in [0.2, 0.25) is 0 Å². The molecule has 0 aromatic heterocycles. The Labute approximate surface area is 88.0 Å². The van der Waals surface area contributed by atoms with Crippen LogP contribution in [0.1, 0.15) is 19.3 Å². The van der Waals surface area contributed by atoms with E-state index in [1.165, 1.54) is 4.13 Å². The number of nitrogens with one attached hydrogen (secondary N) is 1. The van der Waals surface area contributed by atoms with Crippen LogP contribution in [-0.4, -0.2) is 34.2 Å². The Morgan fingerprint density at radius 2 is 1.50 bits per heavy atom. The molecule has 1 N–H and O–H groups in total. The first kappa shape index (κ1) is 12.2. The van der Waals surface area contributed by atoms with Crippen molar-refractivity contribution in [2.45, 2.75) is 19.3 Å². The quantitative estimate of drug-likeness (QED) is 0.714. The maximum absolute atomic E-state index is 11.4. The Kier molecular flexibility index (Phi) is 3.75. The molecule has 0 spiro atoms. The fourth-order valence-corrected chi connectivity index (χ4v) is 4.17. The number of halogens is 1. The maximum atomic E-state index is 11.4. The molecule has 1 rings (SSSR count). The molecular weight excluding hydrogens is 252 g/mol. The lowest BCUT2D eigenvalue weighted by Gasteiger charge is -2.24. The van der Waals surface area contributed by atoms with Gasteiger partial charge in [-0.2, -0.15) is 21.1 Å². The summed E-state index contributed by atoms with van der Waals surface area (Å²) in [4.78, 5) is 0. The summed E-state index contributed by atoms with van der Waals surface area (Å²) in [5.41, 5.74) is 0. The van der Waals surface area contributed by atoms with E-state index in [1.807, 2.05) is 0 Å². The van der Waals surface area contributed by atoms with E-state index in [4.69, 9.17) is 10.7 Å². The van der Waals surface area contributed by atoms with Gasteiger partial charge in [-0.05, 0) is 12.8 Å². The van der Waals surface area contributed by atoms with Gasteiger partial charge >= 0.3 is 9.24 Å². The molecule has 0 atom stereocenters. The highest BCUT2D eigenvalue weighted by Gasteiger charge is 2.27. The van der Waals surface area contributed by atoms with Crippen LogP contribution in [0.15, 0.2) is 0 Å². The fraction of sp³-hybridized carbons (Fsp3) is 1.00. The normalized spacial score (nSPS) is 20.9. The first-order valence-corrected chi connectivity index (χ1v) is 7.79. The molecule has 0 amide bonds. The van der Waals surface area contributed by atoms with Crippen molar-refractivity contribution >= 4 is 30.1 Å². The largest absolute Gasteiger partial charge is 0.311 e. The third-order valence-electron chi connectivity index (χ3n) is 1.86. The number of piperidine rings is 1. The Morgan fingerprint density at radius 3 is 1.93 bits per heavy atom. The van der Waals surface area contributed by atoms with Crippen LogP contribution in [0.25, 0.3) is 0 Å². The molecule has 0 aromatic rings. The van der Waals surface area contributed by atoms with Gasteiger partial charge in [-0.25, -0.2) is 0 Å². The minimum atomic E-state index is -4.24. The van der Waals surface area contributed by atoms with Gasteiger partial charge in [-0.1, -0.05) is 10.5 Å². The maximum Gasteiger partial charge on any atom is 0.311 e. The van der Waals surface area contributed by atoms with Crippen molar-refractivity contribution in [3.8, 4) is 0 Å². The average molecular weight is 263 g/mol. The van der Waals surface area contributed by atoms with E-state index in [1.54, 1.807) is 0 Å². The molecule has 1 aliphatic heterocycles. The van der Waals surface area contributed by atoms with Crippen LogP contribution in [0.5, 0.6) is 0 Å². The Morgan fingerprint density at radius 1 is 1.00 bits per heavy atom. The summed E-state index contributed by atoms with van der Waals surface area (Å²) in [7, 11) is -3.42. The number of rotatable bonds is 3. The van der Waals surface area contributed by atoms with Crippen molar-refractivity contribution in [3.05, 3.63) is 0 Å². The van der Waals surface area contributed by atoms with E-state index >= 15 is 0 Å². The first-order chi connectivity index (χ1) is 6.31. The van der Waals surface area contributed by atoms with Gasteiger partial charge in [0.05, 0.1) is 0 Å². The van der Waals surface area contributed by atoms with Gasteiger partial charge in [-0.3, -0.25) is 0 Å². The van der Waals surface area contributed by atoms with E-state index in [0.717, 1.165) is 23.6 Å². The van der Waals surface area contributed by atoms with E-state index in [-0.39, 0.29) is 0 Å². The molecule has 14 heavy (non-hydrogen) atoms. The minimum absolute atomic E-state index is 0.335. The topological polar surface area (TPSA) is 83.5 Å². The molecule has 1 aliphatic rings. The van der Waals surface area contributed by atoms with Crippen molar-refractivity contribution < 1.29 is 16.8 Å². The second-order valence-corrected chi connectivity index (χ2v) is 7.21. The standard InChI is InChI=1S/C5H11ClN2O4S2/c6-13(9,10)7-14(11,12)8-4-2-1-3-5-8/h7H,1-5H2. The molecule has 6 nitrogen and oxygen atoms in total.